The molecule has 0 saturated heterocycles. The molecule has 1 aromatic carbocycles. The van der Waals surface area contributed by atoms with Gasteiger partial charge in [-0.2, -0.15) is 0 Å². The van der Waals surface area contributed by atoms with E-state index in [2.05, 4.69) is 10.6 Å². The van der Waals surface area contributed by atoms with Gasteiger partial charge in [-0.15, -0.1) is 11.6 Å². The summed E-state index contributed by atoms with van der Waals surface area (Å²) in [5.41, 5.74) is 0.719. The van der Waals surface area contributed by atoms with Crippen LogP contribution >= 0.6 is 11.6 Å². The van der Waals surface area contributed by atoms with Crippen LogP contribution in [-0.4, -0.2) is 48.9 Å². The Kier molecular flexibility index (Phi) is 8.42. The van der Waals surface area contributed by atoms with Crippen LogP contribution in [0.25, 0.3) is 0 Å². The van der Waals surface area contributed by atoms with Crippen molar-refractivity contribution >= 4 is 41.0 Å². The lowest BCUT2D eigenvalue weighted by molar-refractivity contribution is -0.155. The van der Waals surface area contributed by atoms with E-state index in [4.69, 9.17) is 21.1 Å². The highest BCUT2D eigenvalue weighted by atomic mass is 35.5. The van der Waals surface area contributed by atoms with Crippen molar-refractivity contribution in [2.24, 2.45) is 0 Å². The van der Waals surface area contributed by atoms with Crippen molar-refractivity contribution in [2.45, 2.75) is 20.0 Å². The van der Waals surface area contributed by atoms with Crippen LogP contribution < -0.4 is 10.6 Å². The number of hydrogen-bond donors (Lipinski definition) is 2. The summed E-state index contributed by atoms with van der Waals surface area (Å²) in [6.07, 6.45) is -0.801. The van der Waals surface area contributed by atoms with E-state index in [0.29, 0.717) is 11.3 Å². The second-order valence-electron chi connectivity index (χ2n) is 5.01. The molecule has 0 aliphatic carbocycles. The van der Waals surface area contributed by atoms with Crippen LogP contribution in [0.3, 0.4) is 0 Å². The van der Waals surface area contributed by atoms with Crippen LogP contribution in [0.4, 0.5) is 5.69 Å². The third-order valence-corrected chi connectivity index (χ3v) is 3.07. The maximum absolute atomic E-state index is 12.2. The molecular formula is C16H19ClN2O6. The number of carbonyl (C=O) groups excluding carboxylic acids is 4. The molecule has 0 aliphatic heterocycles. The summed E-state index contributed by atoms with van der Waals surface area (Å²) < 4.78 is 9.77. The molecule has 1 unspecified atom stereocenters. The Balaban J connectivity index is 2.66. The molecule has 0 heterocycles. The first-order valence-electron chi connectivity index (χ1n) is 7.36. The van der Waals surface area contributed by atoms with Crippen LogP contribution in [-0.2, 0) is 23.9 Å². The monoisotopic (exact) mass is 370 g/mol. The molecule has 25 heavy (non-hydrogen) atoms. The fraction of sp³-hybridized carbons (Fsp3) is 0.375. The molecule has 0 spiro atoms. The molecular weight excluding hydrogens is 352 g/mol. The van der Waals surface area contributed by atoms with Gasteiger partial charge in [0, 0.05) is 25.1 Å². The molecule has 0 saturated carbocycles. The Labute approximate surface area is 149 Å². The predicted octanol–water partition coefficient (Wildman–Crippen LogP) is 1.09. The lowest BCUT2D eigenvalue weighted by Gasteiger charge is -2.17. The van der Waals surface area contributed by atoms with Gasteiger partial charge >= 0.3 is 11.9 Å². The zero-order chi connectivity index (χ0) is 18.8. The van der Waals surface area contributed by atoms with Gasteiger partial charge < -0.3 is 20.1 Å². The van der Waals surface area contributed by atoms with E-state index in [1.807, 2.05) is 0 Å². The Bertz CT molecular complexity index is 649. The highest BCUT2D eigenvalue weighted by molar-refractivity contribution is 6.29. The van der Waals surface area contributed by atoms with Crippen LogP contribution in [0, 0.1) is 0 Å². The van der Waals surface area contributed by atoms with Gasteiger partial charge in [0.2, 0.25) is 5.91 Å². The van der Waals surface area contributed by atoms with Gasteiger partial charge in [0.15, 0.2) is 6.10 Å². The summed E-state index contributed by atoms with van der Waals surface area (Å²) in [6, 6.07) is 6.25. The van der Waals surface area contributed by atoms with Gasteiger partial charge in [-0.3, -0.25) is 19.2 Å². The highest BCUT2D eigenvalue weighted by Gasteiger charge is 2.16. The number of alkyl halides is 1. The van der Waals surface area contributed by atoms with Gasteiger partial charge in [-0.05, 0) is 18.2 Å². The smallest absolute Gasteiger partial charge is 0.303 e. The second-order valence-corrected chi connectivity index (χ2v) is 5.27. The van der Waals surface area contributed by atoms with Gasteiger partial charge in [0.05, 0.1) is 6.54 Å². The third kappa shape index (κ3) is 8.16. The number of nitrogens with one attached hydrogen (secondary N) is 2. The molecule has 1 aromatic rings. The van der Waals surface area contributed by atoms with E-state index in [1.165, 1.54) is 19.9 Å². The van der Waals surface area contributed by atoms with Gasteiger partial charge in [-0.25, -0.2) is 0 Å². The van der Waals surface area contributed by atoms with E-state index in [0.717, 1.165) is 0 Å². The summed E-state index contributed by atoms with van der Waals surface area (Å²) >= 11 is 5.41. The fourth-order valence-corrected chi connectivity index (χ4v) is 1.89. The summed E-state index contributed by atoms with van der Waals surface area (Å²) in [4.78, 5) is 45.4. The first kappa shape index (κ1) is 20.4. The molecule has 2 amide bonds. The Morgan fingerprint density at radius 2 is 1.88 bits per heavy atom. The average molecular weight is 371 g/mol. The number of halogens is 1. The second kappa shape index (κ2) is 10.3. The SMILES string of the molecule is CC(=O)OCC(CNC(=O)c1cccc(NC(=O)CCl)c1)OC(C)=O. The van der Waals surface area contributed by atoms with Crippen molar-refractivity contribution in [3.05, 3.63) is 29.8 Å². The van der Waals surface area contributed by atoms with Crippen LogP contribution in [0.15, 0.2) is 24.3 Å². The number of anilines is 1. The van der Waals surface area contributed by atoms with E-state index in [9.17, 15) is 19.2 Å². The molecule has 9 heteroatoms. The average Bonchev–Trinajstić information content (AvgIpc) is 2.56. The molecule has 0 radical (unpaired) electrons. The molecule has 136 valence electrons. The van der Waals surface area contributed by atoms with E-state index in [1.54, 1.807) is 18.2 Å². The van der Waals surface area contributed by atoms with Crippen molar-refractivity contribution in [1.29, 1.82) is 0 Å². The van der Waals surface area contributed by atoms with Crippen LogP contribution in [0.1, 0.15) is 24.2 Å². The highest BCUT2D eigenvalue weighted by Crippen LogP contribution is 2.11. The molecule has 8 nitrogen and oxygen atoms in total. The van der Waals surface area contributed by atoms with Crippen molar-refractivity contribution < 1.29 is 28.7 Å². The number of rotatable bonds is 8. The minimum absolute atomic E-state index is 0.0377. The number of carbonyl (C=O) groups is 4. The number of amides is 2. The molecule has 0 aromatic heterocycles. The maximum atomic E-state index is 12.2. The zero-order valence-electron chi connectivity index (χ0n) is 13.8. The van der Waals surface area contributed by atoms with Crippen molar-refractivity contribution in [1.82, 2.24) is 5.32 Å². The Hall–Kier alpha value is -2.61. The molecule has 2 N–H and O–H groups in total. The largest absolute Gasteiger partial charge is 0.462 e. The summed E-state index contributed by atoms with van der Waals surface area (Å²) in [7, 11) is 0. The number of benzene rings is 1. The molecule has 0 aliphatic rings. The number of esters is 2. The minimum Gasteiger partial charge on any atom is -0.462 e. The van der Waals surface area contributed by atoms with Crippen molar-refractivity contribution in [3.63, 3.8) is 0 Å². The lowest BCUT2D eigenvalue weighted by atomic mass is 10.2. The standard InChI is InChI=1S/C16H19ClN2O6/c1-10(20)24-9-14(25-11(2)21)8-18-16(23)12-4-3-5-13(6-12)19-15(22)7-17/h3-6,14H,7-9H2,1-2H3,(H,18,23)(H,19,22). The zero-order valence-corrected chi connectivity index (χ0v) is 14.6. The van der Waals surface area contributed by atoms with Gasteiger partial charge in [0.25, 0.3) is 5.91 Å². The summed E-state index contributed by atoms with van der Waals surface area (Å²) in [5, 5.41) is 5.11. The normalized spacial score (nSPS) is 11.2. The number of ether oxygens (including phenoxy) is 2. The first-order chi connectivity index (χ1) is 11.8. The molecule has 0 bridgehead atoms. The molecule has 1 atom stereocenters. The van der Waals surface area contributed by atoms with Gasteiger partial charge in [-0.1, -0.05) is 6.07 Å². The maximum Gasteiger partial charge on any atom is 0.303 e. The Morgan fingerprint density at radius 1 is 1.16 bits per heavy atom. The van der Waals surface area contributed by atoms with E-state index in [-0.39, 0.29) is 19.0 Å². The molecule has 1 rings (SSSR count). The topological polar surface area (TPSA) is 111 Å². The fourth-order valence-electron chi connectivity index (χ4n) is 1.82. The first-order valence-corrected chi connectivity index (χ1v) is 7.90. The minimum atomic E-state index is -0.801. The third-order valence-electron chi connectivity index (χ3n) is 2.83. The summed E-state index contributed by atoms with van der Waals surface area (Å²) in [5.74, 6) is -2.11. The quantitative estimate of drug-likeness (QED) is 0.523. The van der Waals surface area contributed by atoms with E-state index >= 15 is 0 Å². The Morgan fingerprint density at radius 3 is 2.48 bits per heavy atom. The van der Waals surface area contributed by atoms with Crippen LogP contribution in [0.2, 0.25) is 0 Å². The van der Waals surface area contributed by atoms with Crippen LogP contribution in [0.5, 0.6) is 0 Å². The summed E-state index contributed by atoms with van der Waals surface area (Å²) in [6.45, 7) is 2.24. The van der Waals surface area contributed by atoms with Crippen molar-refractivity contribution in [3.8, 4) is 0 Å². The van der Waals surface area contributed by atoms with Gasteiger partial charge in [0.1, 0.15) is 12.5 Å². The predicted molar refractivity (Wildman–Crippen MR) is 90.3 cm³/mol. The van der Waals surface area contributed by atoms with E-state index < -0.39 is 29.9 Å². The number of hydrogen-bond acceptors (Lipinski definition) is 6. The van der Waals surface area contributed by atoms with Crippen molar-refractivity contribution in [2.75, 3.05) is 24.3 Å². The lowest BCUT2D eigenvalue weighted by Crippen LogP contribution is -2.37. The molecule has 0 fully saturated rings.